The molecule has 1 aliphatic heterocycles. The molecule has 0 bridgehead atoms. The highest BCUT2D eigenvalue weighted by molar-refractivity contribution is 5.98. The molecule has 0 spiro atoms. The van der Waals surface area contributed by atoms with E-state index >= 15 is 0 Å². The van der Waals surface area contributed by atoms with Gasteiger partial charge in [-0.15, -0.1) is 0 Å². The minimum Gasteiger partial charge on any atom is -0.619 e. The van der Waals surface area contributed by atoms with Crippen molar-refractivity contribution in [3.05, 3.63) is 17.5 Å². The molecule has 0 aromatic carbocycles. The zero-order valence-corrected chi connectivity index (χ0v) is 4.20. The summed E-state index contributed by atoms with van der Waals surface area (Å²) in [5, 5.41) is 10.2. The van der Waals surface area contributed by atoms with E-state index < -0.39 is 0 Å². The first-order chi connectivity index (χ1) is 3.79. The molecule has 0 atom stereocenters. The Morgan fingerprint density at radius 2 is 2.50 bits per heavy atom. The smallest absolute Gasteiger partial charge is 0.183 e. The summed E-state index contributed by atoms with van der Waals surface area (Å²) >= 11 is 0. The lowest BCUT2D eigenvalue weighted by Gasteiger charge is -1.97. The normalized spacial score (nSPS) is 18.5. The molecule has 0 amide bonds. The topological polar surface area (TPSA) is 43.1 Å². The van der Waals surface area contributed by atoms with Crippen LogP contribution in [0.4, 0.5) is 0 Å². The van der Waals surface area contributed by atoms with Crippen molar-refractivity contribution in [3.8, 4) is 0 Å². The quantitative estimate of drug-likeness (QED) is 0.327. The zero-order valence-electron chi connectivity index (χ0n) is 4.20. The summed E-state index contributed by atoms with van der Waals surface area (Å²) in [6.45, 7) is 0. The monoisotopic (exact) mass is 111 g/mol. The van der Waals surface area contributed by atoms with Crippen LogP contribution in [-0.2, 0) is 4.79 Å². The SMILES string of the molecule is O=C1C=C[N+]([O-])=CC1. The Labute approximate surface area is 46.5 Å². The molecule has 42 valence electrons. The first kappa shape index (κ1) is 5.03. The van der Waals surface area contributed by atoms with Gasteiger partial charge in [0.05, 0.1) is 6.42 Å². The summed E-state index contributed by atoms with van der Waals surface area (Å²) in [6.07, 6.45) is 4.00. The van der Waals surface area contributed by atoms with Crippen LogP contribution >= 0.6 is 0 Å². The molecule has 0 fully saturated rings. The zero-order chi connectivity index (χ0) is 5.98. The van der Waals surface area contributed by atoms with E-state index in [-0.39, 0.29) is 12.2 Å². The molecule has 1 rings (SSSR count). The molecule has 0 radical (unpaired) electrons. The van der Waals surface area contributed by atoms with Gasteiger partial charge < -0.3 is 5.21 Å². The fourth-order valence-corrected chi connectivity index (χ4v) is 0.465. The highest BCUT2D eigenvalue weighted by atomic mass is 16.5. The van der Waals surface area contributed by atoms with Crippen molar-refractivity contribution < 1.29 is 9.53 Å². The van der Waals surface area contributed by atoms with E-state index in [4.69, 9.17) is 0 Å². The standard InChI is InChI=1S/C5H5NO2/c7-5-1-3-6(8)4-2-5/h1,3-4H,2H2. The van der Waals surface area contributed by atoms with Crippen LogP contribution in [0.15, 0.2) is 12.3 Å². The summed E-state index contributed by atoms with van der Waals surface area (Å²) in [4.78, 5) is 10.3. The van der Waals surface area contributed by atoms with Crippen LogP contribution in [0.5, 0.6) is 0 Å². The number of hydroxylamine groups is 1. The summed E-state index contributed by atoms with van der Waals surface area (Å²) in [5.41, 5.74) is 0. The Morgan fingerprint density at radius 3 is 2.88 bits per heavy atom. The van der Waals surface area contributed by atoms with Gasteiger partial charge in [-0.3, -0.25) is 4.79 Å². The van der Waals surface area contributed by atoms with Gasteiger partial charge in [0.1, 0.15) is 0 Å². The van der Waals surface area contributed by atoms with Gasteiger partial charge >= 0.3 is 0 Å². The Hall–Kier alpha value is -1.12. The number of nitrogens with zero attached hydrogens (tertiary/aromatic N) is 1. The van der Waals surface area contributed by atoms with Crippen molar-refractivity contribution in [2.24, 2.45) is 0 Å². The Bertz CT molecular complexity index is 167. The van der Waals surface area contributed by atoms with Crippen molar-refractivity contribution in [1.29, 1.82) is 0 Å². The van der Waals surface area contributed by atoms with E-state index in [2.05, 4.69) is 0 Å². The fraction of sp³-hybridized carbons (Fsp3) is 0.200. The summed E-state index contributed by atoms with van der Waals surface area (Å²) in [6, 6.07) is 0. The molecule has 0 N–H and O–H groups in total. The first-order valence-electron chi connectivity index (χ1n) is 2.29. The molecule has 3 nitrogen and oxygen atoms in total. The van der Waals surface area contributed by atoms with Crippen LogP contribution in [0.25, 0.3) is 0 Å². The number of rotatable bonds is 0. The van der Waals surface area contributed by atoms with E-state index in [0.29, 0.717) is 4.74 Å². The van der Waals surface area contributed by atoms with Gasteiger partial charge in [-0.25, -0.2) is 0 Å². The van der Waals surface area contributed by atoms with Crippen molar-refractivity contribution in [2.75, 3.05) is 0 Å². The number of hydrogen-bond donors (Lipinski definition) is 0. The highest BCUT2D eigenvalue weighted by Crippen LogP contribution is 1.89. The van der Waals surface area contributed by atoms with E-state index in [1.54, 1.807) is 0 Å². The Morgan fingerprint density at radius 1 is 1.75 bits per heavy atom. The van der Waals surface area contributed by atoms with E-state index in [9.17, 15) is 10.0 Å². The van der Waals surface area contributed by atoms with Crippen LogP contribution in [0.2, 0.25) is 0 Å². The number of ketones is 1. The van der Waals surface area contributed by atoms with Gasteiger partial charge in [0.25, 0.3) is 0 Å². The third-order valence-electron chi connectivity index (χ3n) is 0.880. The average Bonchev–Trinajstić information content (AvgIpc) is 1.77. The second-order valence-electron chi connectivity index (χ2n) is 1.53. The van der Waals surface area contributed by atoms with Crippen molar-refractivity contribution in [3.63, 3.8) is 0 Å². The van der Waals surface area contributed by atoms with Gasteiger partial charge in [-0.05, 0) is 0 Å². The van der Waals surface area contributed by atoms with Crippen molar-refractivity contribution >= 4 is 12.0 Å². The third-order valence-corrected chi connectivity index (χ3v) is 0.880. The molecule has 0 saturated heterocycles. The molecular weight excluding hydrogens is 106 g/mol. The van der Waals surface area contributed by atoms with E-state index in [0.717, 1.165) is 0 Å². The minimum absolute atomic E-state index is 0.0166. The number of carbonyl (C=O) groups is 1. The fourth-order valence-electron chi connectivity index (χ4n) is 0.465. The lowest BCUT2D eigenvalue weighted by atomic mass is 10.3. The summed E-state index contributed by atoms with van der Waals surface area (Å²) < 4.78 is 0.626. The van der Waals surface area contributed by atoms with Crippen molar-refractivity contribution in [2.45, 2.75) is 6.42 Å². The second kappa shape index (κ2) is 1.78. The lowest BCUT2D eigenvalue weighted by Crippen LogP contribution is -2.07. The van der Waals surface area contributed by atoms with Gasteiger partial charge in [-0.1, -0.05) is 0 Å². The summed E-state index contributed by atoms with van der Waals surface area (Å²) in [7, 11) is 0. The maximum absolute atomic E-state index is 10.3. The maximum atomic E-state index is 10.3. The van der Waals surface area contributed by atoms with Crippen LogP contribution < -0.4 is 0 Å². The number of carbonyl (C=O) groups excluding carboxylic acids is 1. The van der Waals surface area contributed by atoms with Gasteiger partial charge in [0.2, 0.25) is 0 Å². The predicted molar refractivity (Wildman–Crippen MR) is 28.5 cm³/mol. The number of hydrogen-bond acceptors (Lipinski definition) is 2. The van der Waals surface area contributed by atoms with Crippen LogP contribution in [0.1, 0.15) is 6.42 Å². The Balaban J connectivity index is 2.71. The maximum Gasteiger partial charge on any atom is 0.183 e. The molecular formula is C5H5NO2. The third kappa shape index (κ3) is 0.932. The molecule has 0 aromatic rings. The largest absolute Gasteiger partial charge is 0.619 e. The number of allylic oxidation sites excluding steroid dienone is 1. The molecule has 0 aliphatic carbocycles. The first-order valence-corrected chi connectivity index (χ1v) is 2.29. The second-order valence-corrected chi connectivity index (χ2v) is 1.53. The molecule has 8 heavy (non-hydrogen) atoms. The van der Waals surface area contributed by atoms with Crippen LogP contribution in [0, 0.1) is 5.21 Å². The van der Waals surface area contributed by atoms with E-state index in [1.165, 1.54) is 18.5 Å². The van der Waals surface area contributed by atoms with Crippen molar-refractivity contribution in [1.82, 2.24) is 0 Å². The molecule has 1 aliphatic rings. The van der Waals surface area contributed by atoms with Gasteiger partial charge in [-0.2, -0.15) is 4.74 Å². The molecule has 0 saturated carbocycles. The van der Waals surface area contributed by atoms with Crippen LogP contribution in [0.3, 0.4) is 0 Å². The van der Waals surface area contributed by atoms with Gasteiger partial charge in [0, 0.05) is 6.08 Å². The average molecular weight is 111 g/mol. The molecule has 0 unspecified atom stereocenters. The minimum atomic E-state index is -0.0166. The highest BCUT2D eigenvalue weighted by Gasteiger charge is 2.02. The lowest BCUT2D eigenvalue weighted by molar-refractivity contribution is -0.375. The van der Waals surface area contributed by atoms with Crippen LogP contribution in [-0.4, -0.2) is 16.7 Å². The Kier molecular flexibility index (Phi) is 1.12. The molecule has 3 heteroatoms. The molecule has 1 heterocycles. The molecule has 0 aromatic heterocycles. The predicted octanol–water partition coefficient (Wildman–Crippen LogP) is 0.0540. The summed E-state index contributed by atoms with van der Waals surface area (Å²) in [5.74, 6) is -0.0166. The van der Waals surface area contributed by atoms with Gasteiger partial charge in [0.15, 0.2) is 18.2 Å². The van der Waals surface area contributed by atoms with E-state index in [1.807, 2.05) is 0 Å².